The lowest BCUT2D eigenvalue weighted by atomic mass is 10.1. The molecule has 0 saturated heterocycles. The fourth-order valence-electron chi connectivity index (χ4n) is 3.25. The summed E-state index contributed by atoms with van der Waals surface area (Å²) in [7, 11) is -2.16. The van der Waals surface area contributed by atoms with E-state index in [0.717, 1.165) is 0 Å². The van der Waals surface area contributed by atoms with Crippen molar-refractivity contribution in [1.82, 2.24) is 0 Å². The van der Waals surface area contributed by atoms with Crippen LogP contribution in [0, 0.1) is 5.82 Å². The molecule has 3 atom stereocenters. The Morgan fingerprint density at radius 1 is 1.17 bits per heavy atom. The zero-order chi connectivity index (χ0) is 16.7. The van der Waals surface area contributed by atoms with E-state index in [1.807, 2.05) is 0 Å². The zero-order valence-electron chi connectivity index (χ0n) is 12.6. The Kier molecular flexibility index (Phi) is 4.00. The maximum Gasteiger partial charge on any atom is 0.183 e. The summed E-state index contributed by atoms with van der Waals surface area (Å²) in [6.45, 7) is 0.0882. The molecule has 1 aliphatic carbocycles. The minimum Gasteiger partial charge on any atom is -0.383 e. The number of nitrogens with two attached hydrogens (primary N) is 1. The van der Waals surface area contributed by atoms with Gasteiger partial charge in [-0.05, 0) is 29.8 Å². The largest absolute Gasteiger partial charge is 0.383 e. The van der Waals surface area contributed by atoms with Gasteiger partial charge in [0, 0.05) is 13.0 Å². The molecule has 0 heterocycles. The summed E-state index contributed by atoms with van der Waals surface area (Å²) in [5, 5.41) is -0.834. The lowest BCUT2D eigenvalue weighted by Gasteiger charge is -2.11. The number of hydrogen-bond acceptors (Lipinski definition) is 4. The van der Waals surface area contributed by atoms with E-state index in [4.69, 9.17) is 10.5 Å². The minimum absolute atomic E-state index is 0.0882. The highest BCUT2D eigenvalue weighted by atomic mass is 32.2. The molecule has 0 spiro atoms. The second-order valence-corrected chi connectivity index (χ2v) is 7.93. The van der Waals surface area contributed by atoms with Crippen molar-refractivity contribution in [1.29, 1.82) is 0 Å². The van der Waals surface area contributed by atoms with Crippen LogP contribution < -0.4 is 5.73 Å². The second kappa shape index (κ2) is 5.70. The fourth-order valence-corrected chi connectivity index (χ4v) is 5.57. The fraction of sp³-hybridized carbons (Fsp3) is 0.294. The molecule has 0 bridgehead atoms. The van der Waals surface area contributed by atoms with Crippen LogP contribution >= 0.6 is 0 Å². The summed E-state index contributed by atoms with van der Waals surface area (Å²) < 4.78 is 44.5. The van der Waals surface area contributed by atoms with Crippen molar-refractivity contribution in [3.63, 3.8) is 0 Å². The van der Waals surface area contributed by atoms with E-state index in [0.29, 0.717) is 5.56 Å². The van der Waals surface area contributed by atoms with E-state index in [2.05, 4.69) is 0 Å². The van der Waals surface area contributed by atoms with Gasteiger partial charge in [-0.1, -0.05) is 30.3 Å². The molecule has 0 amide bonds. The lowest BCUT2D eigenvalue weighted by molar-refractivity contribution is 0.171. The van der Waals surface area contributed by atoms with Crippen molar-refractivity contribution >= 4 is 9.84 Å². The Morgan fingerprint density at radius 3 is 2.48 bits per heavy atom. The molecule has 122 valence electrons. The topological polar surface area (TPSA) is 69.4 Å². The van der Waals surface area contributed by atoms with Crippen LogP contribution in [0.1, 0.15) is 11.5 Å². The molecule has 1 aliphatic rings. The predicted molar refractivity (Wildman–Crippen MR) is 85.4 cm³/mol. The molecule has 0 radical (unpaired) electrons. The van der Waals surface area contributed by atoms with E-state index in [1.165, 1.54) is 19.2 Å². The van der Waals surface area contributed by atoms with Gasteiger partial charge in [-0.2, -0.15) is 0 Å². The third-order valence-electron chi connectivity index (χ3n) is 4.31. The van der Waals surface area contributed by atoms with Crippen LogP contribution in [-0.2, 0) is 14.6 Å². The third kappa shape index (κ3) is 2.67. The normalized spacial score (nSPS) is 26.9. The van der Waals surface area contributed by atoms with E-state index in [-0.39, 0.29) is 11.5 Å². The van der Waals surface area contributed by atoms with Gasteiger partial charge in [-0.3, -0.25) is 0 Å². The van der Waals surface area contributed by atoms with Gasteiger partial charge >= 0.3 is 0 Å². The number of ether oxygens (including phenoxy) is 1. The van der Waals surface area contributed by atoms with Crippen molar-refractivity contribution in [2.24, 2.45) is 5.73 Å². The Hall–Kier alpha value is -1.76. The molecule has 1 saturated carbocycles. The summed E-state index contributed by atoms with van der Waals surface area (Å²) in [5.41, 5.74) is 5.84. The number of benzene rings is 2. The molecular weight excluding hydrogens is 317 g/mol. The average Bonchev–Trinajstić information content (AvgIpc) is 3.15. The molecule has 2 N–H and O–H groups in total. The van der Waals surface area contributed by atoms with Crippen LogP contribution in [-0.4, -0.2) is 32.9 Å². The maximum absolute atomic E-state index is 13.5. The summed E-state index contributed by atoms with van der Waals surface area (Å²) in [5.74, 6) is -0.909. The molecule has 0 aromatic heterocycles. The van der Waals surface area contributed by atoms with Crippen molar-refractivity contribution in [2.75, 3.05) is 13.7 Å². The third-order valence-corrected chi connectivity index (χ3v) is 6.62. The van der Waals surface area contributed by atoms with Crippen LogP contribution in [0.4, 0.5) is 4.39 Å². The molecule has 2 aromatic rings. The molecule has 23 heavy (non-hydrogen) atoms. The molecule has 1 fully saturated rings. The summed E-state index contributed by atoms with van der Waals surface area (Å²) in [6, 6.07) is 14.1. The molecule has 3 unspecified atom stereocenters. The van der Waals surface area contributed by atoms with E-state index in [9.17, 15) is 12.8 Å². The van der Waals surface area contributed by atoms with Gasteiger partial charge < -0.3 is 10.5 Å². The van der Waals surface area contributed by atoms with Crippen molar-refractivity contribution in [2.45, 2.75) is 21.6 Å². The van der Waals surface area contributed by atoms with Crippen LogP contribution in [0.3, 0.4) is 0 Å². The number of halogens is 1. The number of rotatable bonds is 5. The second-order valence-electron chi connectivity index (χ2n) is 5.86. The molecule has 3 rings (SSSR count). The van der Waals surface area contributed by atoms with E-state index in [1.54, 1.807) is 42.5 Å². The zero-order valence-corrected chi connectivity index (χ0v) is 13.5. The molecule has 6 heteroatoms. The predicted octanol–water partition coefficient (Wildman–Crippen LogP) is 2.11. The quantitative estimate of drug-likeness (QED) is 0.908. The Balaban J connectivity index is 2.04. The first-order valence-corrected chi connectivity index (χ1v) is 8.78. The first kappa shape index (κ1) is 16.1. The van der Waals surface area contributed by atoms with Gasteiger partial charge in [-0.15, -0.1) is 0 Å². The highest BCUT2D eigenvalue weighted by Gasteiger charge is 2.69. The first-order chi connectivity index (χ1) is 10.9. The van der Waals surface area contributed by atoms with Crippen LogP contribution in [0.2, 0.25) is 0 Å². The van der Waals surface area contributed by atoms with Gasteiger partial charge in [0.25, 0.3) is 0 Å². The summed E-state index contributed by atoms with van der Waals surface area (Å²) in [6.07, 6.45) is 0. The Bertz CT molecular complexity index is 810. The highest BCUT2D eigenvalue weighted by molar-refractivity contribution is 7.92. The monoisotopic (exact) mass is 335 g/mol. The van der Waals surface area contributed by atoms with E-state index < -0.39 is 32.4 Å². The Morgan fingerprint density at radius 2 is 1.87 bits per heavy atom. The van der Waals surface area contributed by atoms with Crippen molar-refractivity contribution in [3.05, 3.63) is 66.0 Å². The van der Waals surface area contributed by atoms with Gasteiger partial charge in [0.05, 0.1) is 22.3 Å². The average molecular weight is 335 g/mol. The van der Waals surface area contributed by atoms with Gasteiger partial charge in [0.15, 0.2) is 9.84 Å². The summed E-state index contributed by atoms with van der Waals surface area (Å²) >= 11 is 0. The highest BCUT2D eigenvalue weighted by Crippen LogP contribution is 2.55. The molecule has 2 aromatic carbocycles. The molecular formula is C17H18FNO3S. The van der Waals surface area contributed by atoms with E-state index >= 15 is 0 Å². The van der Waals surface area contributed by atoms with Crippen molar-refractivity contribution in [3.8, 4) is 0 Å². The maximum atomic E-state index is 13.5. The van der Waals surface area contributed by atoms with Crippen molar-refractivity contribution < 1.29 is 17.5 Å². The SMILES string of the molecule is COCC1(N)C(c2cccc(F)c2)C1S(=O)(=O)c1ccccc1. The smallest absolute Gasteiger partial charge is 0.183 e. The lowest BCUT2D eigenvalue weighted by Crippen LogP contribution is -2.35. The molecule has 0 aliphatic heterocycles. The van der Waals surface area contributed by atoms with Crippen LogP contribution in [0.5, 0.6) is 0 Å². The number of hydrogen-bond donors (Lipinski definition) is 1. The van der Waals surface area contributed by atoms with Gasteiger partial charge in [-0.25, -0.2) is 12.8 Å². The Labute approximate surface area is 135 Å². The van der Waals surface area contributed by atoms with Gasteiger partial charge in [0.1, 0.15) is 5.82 Å². The summed E-state index contributed by atoms with van der Waals surface area (Å²) in [4.78, 5) is 0.217. The van der Waals surface area contributed by atoms with Crippen LogP contribution in [0.25, 0.3) is 0 Å². The molecule has 4 nitrogen and oxygen atoms in total. The van der Waals surface area contributed by atoms with Crippen LogP contribution in [0.15, 0.2) is 59.5 Å². The first-order valence-electron chi connectivity index (χ1n) is 7.23. The number of methoxy groups -OCH3 is 1. The number of sulfone groups is 1. The standard InChI is InChI=1S/C17H18FNO3S/c1-22-11-17(19)15(12-6-5-7-13(18)10-12)16(17)23(20,21)14-8-3-2-4-9-14/h2-10,15-16H,11,19H2,1H3. The minimum atomic E-state index is -3.63. The van der Waals surface area contributed by atoms with Gasteiger partial charge in [0.2, 0.25) is 0 Å².